The summed E-state index contributed by atoms with van der Waals surface area (Å²) in [5.74, 6) is 0.321. The van der Waals surface area contributed by atoms with Crippen LogP contribution in [0.15, 0.2) is 42.5 Å². The number of rotatable bonds is 9. The molecule has 0 aliphatic rings. The fourth-order valence-corrected chi connectivity index (χ4v) is 2.30. The van der Waals surface area contributed by atoms with Crippen LogP contribution in [-0.4, -0.2) is 24.3 Å². The third kappa shape index (κ3) is 5.41. The van der Waals surface area contributed by atoms with Crippen LogP contribution in [0, 0.1) is 0 Å². The Balaban J connectivity index is 1.93. The van der Waals surface area contributed by atoms with E-state index in [1.165, 1.54) is 0 Å². The predicted molar refractivity (Wildman–Crippen MR) is 98.2 cm³/mol. The van der Waals surface area contributed by atoms with Gasteiger partial charge in [0.25, 0.3) is 0 Å². The molecule has 134 valence electrons. The van der Waals surface area contributed by atoms with Gasteiger partial charge in [-0.3, -0.25) is 0 Å². The number of esters is 1. The minimum atomic E-state index is -0.304. The van der Waals surface area contributed by atoms with Crippen molar-refractivity contribution in [1.82, 2.24) is 0 Å². The van der Waals surface area contributed by atoms with Gasteiger partial charge in [0.1, 0.15) is 0 Å². The number of carbonyl (C=O) groups excluding carboxylic acids is 1. The Kier molecular flexibility index (Phi) is 7.14. The summed E-state index contributed by atoms with van der Waals surface area (Å²) in [6.45, 7) is 5.33. The molecule has 0 amide bonds. The third-order valence-electron chi connectivity index (χ3n) is 3.72. The maximum absolute atomic E-state index is 11.9. The number of unbranched alkanes of at least 4 members (excludes halogenated alkanes) is 1. The van der Waals surface area contributed by atoms with Gasteiger partial charge in [0.15, 0.2) is 11.5 Å². The Bertz CT molecular complexity index is 683. The predicted octanol–water partition coefficient (Wildman–Crippen LogP) is 4.36. The monoisotopic (exact) mass is 343 g/mol. The maximum Gasteiger partial charge on any atom is 0.338 e. The molecule has 2 N–H and O–H groups in total. The minimum Gasteiger partial charge on any atom is -0.504 e. The first-order valence-corrected chi connectivity index (χ1v) is 8.60. The molecule has 0 saturated carbocycles. The summed E-state index contributed by atoms with van der Waals surface area (Å²) in [6.07, 6.45) is 1.86. The van der Waals surface area contributed by atoms with Gasteiger partial charge in [-0.05, 0) is 43.7 Å². The molecule has 0 aliphatic heterocycles. The second kappa shape index (κ2) is 9.57. The van der Waals surface area contributed by atoms with E-state index in [-0.39, 0.29) is 11.7 Å². The van der Waals surface area contributed by atoms with Crippen molar-refractivity contribution in [1.29, 1.82) is 0 Å². The molecule has 0 saturated heterocycles. The van der Waals surface area contributed by atoms with Gasteiger partial charge in [-0.2, -0.15) is 0 Å². The molecular formula is C20H25NO4. The summed E-state index contributed by atoms with van der Waals surface area (Å²) in [6, 6.07) is 12.5. The number of phenolic OH excluding ortho intramolecular Hbond substituents is 1. The number of hydrogen-bond donors (Lipinski definition) is 2. The Hall–Kier alpha value is -2.69. The van der Waals surface area contributed by atoms with Gasteiger partial charge in [0.05, 0.1) is 18.8 Å². The number of carbonyl (C=O) groups is 1. The van der Waals surface area contributed by atoms with E-state index < -0.39 is 0 Å². The number of aromatic hydroxyl groups is 1. The van der Waals surface area contributed by atoms with E-state index in [9.17, 15) is 9.90 Å². The highest BCUT2D eigenvalue weighted by Gasteiger charge is 2.09. The second-order valence-corrected chi connectivity index (χ2v) is 5.62. The van der Waals surface area contributed by atoms with Gasteiger partial charge in [-0.15, -0.1) is 0 Å². The lowest BCUT2D eigenvalue weighted by atomic mass is 10.1. The molecule has 0 fully saturated rings. The smallest absolute Gasteiger partial charge is 0.338 e. The van der Waals surface area contributed by atoms with Crippen LogP contribution in [0.2, 0.25) is 0 Å². The molecule has 0 aromatic heterocycles. The van der Waals surface area contributed by atoms with Crippen molar-refractivity contribution in [3.63, 3.8) is 0 Å². The van der Waals surface area contributed by atoms with Crippen LogP contribution in [-0.2, 0) is 11.3 Å². The average molecular weight is 343 g/mol. The van der Waals surface area contributed by atoms with E-state index in [0.29, 0.717) is 31.1 Å². The number of benzene rings is 2. The lowest BCUT2D eigenvalue weighted by Gasteiger charge is -2.12. The van der Waals surface area contributed by atoms with Crippen LogP contribution < -0.4 is 10.1 Å². The Morgan fingerprint density at radius 1 is 1.12 bits per heavy atom. The molecule has 0 bridgehead atoms. The minimum absolute atomic E-state index is 0.146. The van der Waals surface area contributed by atoms with Crippen LogP contribution in [0.4, 0.5) is 5.69 Å². The highest BCUT2D eigenvalue weighted by atomic mass is 16.5. The van der Waals surface area contributed by atoms with Crippen molar-refractivity contribution < 1.29 is 19.4 Å². The highest BCUT2D eigenvalue weighted by molar-refractivity contribution is 5.89. The first kappa shape index (κ1) is 18.6. The largest absolute Gasteiger partial charge is 0.504 e. The number of nitrogens with one attached hydrogen (secondary N) is 1. The Morgan fingerprint density at radius 3 is 2.56 bits per heavy atom. The molecule has 25 heavy (non-hydrogen) atoms. The van der Waals surface area contributed by atoms with Crippen LogP contribution >= 0.6 is 0 Å². The molecule has 0 radical (unpaired) electrons. The molecule has 0 spiro atoms. The molecule has 0 heterocycles. The van der Waals surface area contributed by atoms with E-state index in [1.54, 1.807) is 18.2 Å². The molecule has 5 heteroatoms. The Morgan fingerprint density at radius 2 is 1.88 bits per heavy atom. The number of para-hydroxylation sites is 1. The van der Waals surface area contributed by atoms with Crippen molar-refractivity contribution in [2.75, 3.05) is 18.5 Å². The molecule has 2 aromatic rings. The molecule has 0 unspecified atom stereocenters. The van der Waals surface area contributed by atoms with Crippen LogP contribution in [0.5, 0.6) is 11.5 Å². The normalized spacial score (nSPS) is 10.3. The van der Waals surface area contributed by atoms with Crippen LogP contribution in [0.1, 0.15) is 42.6 Å². The zero-order valence-corrected chi connectivity index (χ0v) is 14.7. The quantitative estimate of drug-likeness (QED) is 0.523. The first-order chi connectivity index (χ1) is 12.2. The first-order valence-electron chi connectivity index (χ1n) is 8.60. The number of hydrogen-bond acceptors (Lipinski definition) is 5. The van der Waals surface area contributed by atoms with Crippen molar-refractivity contribution in [3.8, 4) is 11.5 Å². The number of phenols is 1. The van der Waals surface area contributed by atoms with Gasteiger partial charge in [0.2, 0.25) is 0 Å². The zero-order valence-electron chi connectivity index (χ0n) is 14.7. The average Bonchev–Trinajstić information content (AvgIpc) is 2.63. The van der Waals surface area contributed by atoms with E-state index in [0.717, 1.165) is 24.1 Å². The molecule has 0 aliphatic carbocycles. The fourth-order valence-electron chi connectivity index (χ4n) is 2.30. The third-order valence-corrected chi connectivity index (χ3v) is 3.72. The van der Waals surface area contributed by atoms with Crippen LogP contribution in [0.3, 0.4) is 0 Å². The highest BCUT2D eigenvalue weighted by Crippen LogP contribution is 2.30. The standard InChI is InChI=1S/C20H25NO4/c1-3-5-13-25-20(23)15-9-11-17(12-10-15)21-14-16-7-6-8-18(19(16)22)24-4-2/h6-12,21-22H,3-5,13-14H2,1-2H3. The van der Waals surface area contributed by atoms with Gasteiger partial charge >= 0.3 is 5.97 Å². The molecule has 2 aromatic carbocycles. The zero-order chi connectivity index (χ0) is 18.1. The number of anilines is 1. The number of ether oxygens (including phenoxy) is 2. The maximum atomic E-state index is 11.9. The van der Waals surface area contributed by atoms with Crippen molar-refractivity contribution >= 4 is 11.7 Å². The molecular weight excluding hydrogens is 318 g/mol. The van der Waals surface area contributed by atoms with Crippen molar-refractivity contribution in [3.05, 3.63) is 53.6 Å². The van der Waals surface area contributed by atoms with Gasteiger partial charge in [-0.1, -0.05) is 25.5 Å². The molecule has 2 rings (SSSR count). The molecule has 0 atom stereocenters. The topological polar surface area (TPSA) is 67.8 Å². The summed E-state index contributed by atoms with van der Waals surface area (Å²) in [4.78, 5) is 11.9. The Labute approximate surface area is 148 Å². The summed E-state index contributed by atoms with van der Waals surface area (Å²) in [5.41, 5.74) is 2.13. The summed E-state index contributed by atoms with van der Waals surface area (Å²) >= 11 is 0. The van der Waals surface area contributed by atoms with E-state index in [2.05, 4.69) is 12.2 Å². The molecule has 5 nitrogen and oxygen atoms in total. The summed E-state index contributed by atoms with van der Waals surface area (Å²) < 4.78 is 10.6. The lowest BCUT2D eigenvalue weighted by molar-refractivity contribution is 0.0500. The lowest BCUT2D eigenvalue weighted by Crippen LogP contribution is -2.06. The summed E-state index contributed by atoms with van der Waals surface area (Å²) in [5, 5.41) is 13.4. The van der Waals surface area contributed by atoms with E-state index >= 15 is 0 Å². The summed E-state index contributed by atoms with van der Waals surface area (Å²) in [7, 11) is 0. The second-order valence-electron chi connectivity index (χ2n) is 5.62. The van der Waals surface area contributed by atoms with Crippen molar-refractivity contribution in [2.24, 2.45) is 0 Å². The van der Waals surface area contributed by atoms with E-state index in [4.69, 9.17) is 9.47 Å². The van der Waals surface area contributed by atoms with Gasteiger partial charge < -0.3 is 19.9 Å². The van der Waals surface area contributed by atoms with E-state index in [1.807, 2.05) is 31.2 Å². The van der Waals surface area contributed by atoms with Crippen LogP contribution in [0.25, 0.3) is 0 Å². The SMILES string of the molecule is CCCCOC(=O)c1ccc(NCc2cccc(OCC)c2O)cc1. The van der Waals surface area contributed by atoms with Gasteiger partial charge in [-0.25, -0.2) is 4.79 Å². The van der Waals surface area contributed by atoms with Gasteiger partial charge in [0, 0.05) is 17.8 Å². The van der Waals surface area contributed by atoms with Crippen molar-refractivity contribution in [2.45, 2.75) is 33.2 Å². The fraction of sp³-hybridized carbons (Fsp3) is 0.350.